The number of nitrogens with zero attached hydrogens (tertiary/aromatic N) is 2. The maximum absolute atomic E-state index is 12.8. The van der Waals surface area contributed by atoms with E-state index in [1.165, 1.54) is 13.2 Å². The Balaban J connectivity index is 1.39. The van der Waals surface area contributed by atoms with Crippen LogP contribution in [-0.4, -0.2) is 61.8 Å². The van der Waals surface area contributed by atoms with Crippen LogP contribution >= 0.6 is 11.6 Å². The zero-order valence-electron chi connectivity index (χ0n) is 18.7. The highest BCUT2D eigenvalue weighted by Gasteiger charge is 2.40. The molecule has 0 aromatic heterocycles. The van der Waals surface area contributed by atoms with Crippen LogP contribution in [-0.2, 0) is 9.53 Å². The van der Waals surface area contributed by atoms with Crippen molar-refractivity contribution in [3.8, 4) is 11.5 Å². The van der Waals surface area contributed by atoms with E-state index in [-0.39, 0.29) is 24.1 Å². The summed E-state index contributed by atoms with van der Waals surface area (Å²) in [5.41, 5.74) is 1.74. The molecule has 0 spiro atoms. The number of benzene rings is 2. The first kappa shape index (κ1) is 23.0. The summed E-state index contributed by atoms with van der Waals surface area (Å²) in [7, 11) is 3.06. The van der Waals surface area contributed by atoms with Crippen LogP contribution in [0.25, 0.3) is 6.08 Å². The molecule has 2 aromatic rings. The Bertz CT molecular complexity index is 1030. The number of amides is 2. The minimum absolute atomic E-state index is 0.0403. The number of halogens is 1. The quantitative estimate of drug-likeness (QED) is 0.579. The highest BCUT2D eigenvalue weighted by Crippen LogP contribution is 2.38. The van der Waals surface area contributed by atoms with E-state index in [1.807, 2.05) is 35.2 Å². The van der Waals surface area contributed by atoms with Gasteiger partial charge in [0.25, 0.3) is 0 Å². The number of hydrogen-bond acceptors (Lipinski definition) is 5. The number of cyclic esters (lactones) is 1. The molecule has 0 N–H and O–H groups in total. The van der Waals surface area contributed by atoms with Crippen molar-refractivity contribution in [2.45, 2.75) is 24.9 Å². The molecule has 0 aliphatic carbocycles. The van der Waals surface area contributed by atoms with Crippen LogP contribution in [0, 0.1) is 0 Å². The van der Waals surface area contributed by atoms with Crippen LogP contribution in [0.5, 0.6) is 11.5 Å². The molecule has 2 saturated heterocycles. The summed E-state index contributed by atoms with van der Waals surface area (Å²) in [5.74, 6) is 0.866. The lowest BCUT2D eigenvalue weighted by molar-refractivity contribution is -0.127. The van der Waals surface area contributed by atoms with Crippen molar-refractivity contribution in [1.82, 2.24) is 9.80 Å². The Labute approximate surface area is 198 Å². The Morgan fingerprint density at radius 3 is 2.48 bits per heavy atom. The van der Waals surface area contributed by atoms with Crippen LogP contribution in [0.4, 0.5) is 4.79 Å². The van der Waals surface area contributed by atoms with E-state index >= 15 is 0 Å². The minimum atomic E-state index is -0.281. The number of hydrogen-bond donors (Lipinski definition) is 0. The van der Waals surface area contributed by atoms with Gasteiger partial charge in [-0.1, -0.05) is 41.9 Å². The van der Waals surface area contributed by atoms with Crippen LogP contribution in [0.1, 0.15) is 30.0 Å². The van der Waals surface area contributed by atoms with Gasteiger partial charge in [-0.2, -0.15) is 0 Å². The normalized spacial score (nSPS) is 19.1. The number of likely N-dealkylation sites (tertiary alicyclic amines) is 1. The Kier molecular flexibility index (Phi) is 7.08. The zero-order valence-corrected chi connectivity index (χ0v) is 19.5. The predicted octanol–water partition coefficient (Wildman–Crippen LogP) is 4.55. The predicted molar refractivity (Wildman–Crippen MR) is 126 cm³/mol. The SMILES string of the molecule is COc1ccc(C=CC(=O)N2CCC(N3C(=O)OCC3c3ccccc3)CC2)c(Cl)c1OC. The molecule has 1 atom stereocenters. The highest BCUT2D eigenvalue weighted by atomic mass is 35.5. The molecule has 2 fully saturated rings. The van der Waals surface area contributed by atoms with Crippen LogP contribution < -0.4 is 9.47 Å². The first-order valence-corrected chi connectivity index (χ1v) is 11.3. The molecule has 1 unspecified atom stereocenters. The topological polar surface area (TPSA) is 68.3 Å². The van der Waals surface area contributed by atoms with Gasteiger partial charge in [0.2, 0.25) is 5.91 Å². The van der Waals surface area contributed by atoms with Crippen LogP contribution in [0.2, 0.25) is 5.02 Å². The van der Waals surface area contributed by atoms with E-state index in [4.69, 9.17) is 25.8 Å². The number of rotatable bonds is 6. The molecule has 2 heterocycles. The highest BCUT2D eigenvalue weighted by molar-refractivity contribution is 6.33. The molecule has 2 aromatic carbocycles. The van der Waals surface area contributed by atoms with Crippen LogP contribution in [0.3, 0.4) is 0 Å². The number of methoxy groups -OCH3 is 2. The standard InChI is InChI=1S/C25H27ClN2O5/c1-31-21-10-8-18(23(26)24(21)32-2)9-11-22(29)27-14-12-19(13-15-27)28-20(16-33-25(28)30)17-6-4-3-5-7-17/h3-11,19-20H,12-16H2,1-2H3. The summed E-state index contributed by atoms with van der Waals surface area (Å²) in [5, 5.41) is 0.388. The smallest absolute Gasteiger partial charge is 0.410 e. The molecule has 7 nitrogen and oxygen atoms in total. The van der Waals surface area contributed by atoms with Gasteiger partial charge in [0, 0.05) is 25.2 Å². The number of ether oxygens (including phenoxy) is 3. The van der Waals surface area contributed by atoms with Crippen molar-refractivity contribution in [2.24, 2.45) is 0 Å². The molecular weight excluding hydrogens is 444 g/mol. The fourth-order valence-electron chi connectivity index (χ4n) is 4.43. The van der Waals surface area contributed by atoms with Gasteiger partial charge in [0.05, 0.1) is 25.3 Å². The second-order valence-electron chi connectivity index (χ2n) is 8.00. The third kappa shape index (κ3) is 4.78. The molecule has 4 rings (SSSR count). The molecule has 8 heteroatoms. The average molecular weight is 471 g/mol. The Morgan fingerprint density at radius 1 is 1.09 bits per heavy atom. The summed E-state index contributed by atoms with van der Waals surface area (Å²) in [6, 6.07) is 13.4. The molecule has 2 aliphatic heterocycles. The molecule has 174 valence electrons. The van der Waals surface area contributed by atoms with Gasteiger partial charge >= 0.3 is 6.09 Å². The Morgan fingerprint density at radius 2 is 1.82 bits per heavy atom. The maximum Gasteiger partial charge on any atom is 0.410 e. The van der Waals surface area contributed by atoms with Gasteiger partial charge in [-0.3, -0.25) is 9.69 Å². The maximum atomic E-state index is 12.8. The van der Waals surface area contributed by atoms with Crippen molar-refractivity contribution in [1.29, 1.82) is 0 Å². The molecule has 33 heavy (non-hydrogen) atoms. The van der Waals surface area contributed by atoms with E-state index in [9.17, 15) is 9.59 Å². The fraction of sp³-hybridized carbons (Fsp3) is 0.360. The molecule has 0 saturated carbocycles. The summed E-state index contributed by atoms with van der Waals surface area (Å²) in [6.45, 7) is 1.49. The second-order valence-corrected chi connectivity index (χ2v) is 8.38. The van der Waals surface area contributed by atoms with Gasteiger partial charge in [-0.05, 0) is 42.2 Å². The monoisotopic (exact) mass is 470 g/mol. The van der Waals surface area contributed by atoms with Gasteiger partial charge in [0.15, 0.2) is 11.5 Å². The van der Waals surface area contributed by atoms with Gasteiger partial charge in [-0.25, -0.2) is 4.79 Å². The van der Waals surface area contributed by atoms with Crippen molar-refractivity contribution >= 4 is 29.7 Å². The molecule has 2 aliphatic rings. The second kappa shape index (κ2) is 10.2. The van der Waals surface area contributed by atoms with Crippen molar-refractivity contribution < 1.29 is 23.8 Å². The number of carbonyl (C=O) groups excluding carboxylic acids is 2. The molecular formula is C25H27ClN2O5. The van der Waals surface area contributed by atoms with E-state index in [1.54, 1.807) is 30.2 Å². The first-order chi connectivity index (χ1) is 16.0. The lowest BCUT2D eigenvalue weighted by Crippen LogP contribution is -2.47. The number of carbonyl (C=O) groups is 2. The van der Waals surface area contributed by atoms with E-state index < -0.39 is 0 Å². The largest absolute Gasteiger partial charge is 0.493 e. The van der Waals surface area contributed by atoms with Gasteiger partial charge in [-0.15, -0.1) is 0 Å². The average Bonchev–Trinajstić information content (AvgIpc) is 3.24. The Hall–Kier alpha value is -3.19. The summed E-state index contributed by atoms with van der Waals surface area (Å²) >= 11 is 6.40. The van der Waals surface area contributed by atoms with Crippen molar-refractivity contribution in [3.63, 3.8) is 0 Å². The lowest BCUT2D eigenvalue weighted by Gasteiger charge is -2.37. The van der Waals surface area contributed by atoms with E-state index in [0.717, 1.165) is 5.56 Å². The first-order valence-electron chi connectivity index (χ1n) is 10.9. The summed E-state index contributed by atoms with van der Waals surface area (Å²) in [4.78, 5) is 28.9. The minimum Gasteiger partial charge on any atom is -0.493 e. The third-order valence-electron chi connectivity index (χ3n) is 6.19. The zero-order chi connectivity index (χ0) is 23.4. The molecule has 2 amide bonds. The van der Waals surface area contributed by atoms with E-state index in [0.29, 0.717) is 54.6 Å². The third-order valence-corrected chi connectivity index (χ3v) is 6.58. The molecule has 0 radical (unpaired) electrons. The lowest BCUT2D eigenvalue weighted by atomic mass is 9.99. The van der Waals surface area contributed by atoms with Crippen molar-refractivity contribution in [3.05, 3.63) is 64.7 Å². The molecule has 0 bridgehead atoms. The summed E-state index contributed by atoms with van der Waals surface area (Å²) < 4.78 is 15.9. The van der Waals surface area contributed by atoms with Gasteiger partial charge < -0.3 is 19.1 Å². The summed E-state index contributed by atoms with van der Waals surface area (Å²) in [6.07, 6.45) is 4.33. The van der Waals surface area contributed by atoms with Crippen LogP contribution in [0.15, 0.2) is 48.5 Å². The fourth-order valence-corrected chi connectivity index (χ4v) is 4.73. The number of piperidine rings is 1. The van der Waals surface area contributed by atoms with Crippen molar-refractivity contribution in [2.75, 3.05) is 33.9 Å². The van der Waals surface area contributed by atoms with E-state index in [2.05, 4.69) is 0 Å². The van der Waals surface area contributed by atoms with Gasteiger partial charge in [0.1, 0.15) is 6.61 Å².